The summed E-state index contributed by atoms with van der Waals surface area (Å²) in [6.45, 7) is 2.85. The van der Waals surface area contributed by atoms with Crippen LogP contribution < -0.4 is 0 Å². The fraction of sp³-hybridized carbons (Fsp3) is 0.438. The molecule has 0 N–H and O–H groups in total. The number of nitrogens with zero attached hydrogens (tertiary/aromatic N) is 3. The Bertz CT molecular complexity index is 611. The summed E-state index contributed by atoms with van der Waals surface area (Å²) in [6, 6.07) is 6.08. The zero-order valence-electron chi connectivity index (χ0n) is 12.2. The third kappa shape index (κ3) is 3.13. The highest BCUT2D eigenvalue weighted by molar-refractivity contribution is 7.09. The van der Waals surface area contributed by atoms with Crippen molar-refractivity contribution >= 4 is 17.2 Å². The molecule has 4 nitrogen and oxygen atoms in total. The van der Waals surface area contributed by atoms with Crippen molar-refractivity contribution in [3.05, 3.63) is 46.2 Å². The molecule has 0 saturated carbocycles. The molecule has 0 aliphatic carbocycles. The van der Waals surface area contributed by atoms with Crippen LogP contribution in [0.5, 0.6) is 0 Å². The monoisotopic (exact) mass is 301 g/mol. The SMILES string of the molecule is Cc1ncsc1CCC(=O)N1CCC[C@H]1c1ccccn1. The number of amides is 1. The van der Waals surface area contributed by atoms with Gasteiger partial charge in [0.15, 0.2) is 0 Å². The Kier molecular flexibility index (Phi) is 4.29. The molecule has 1 aliphatic heterocycles. The van der Waals surface area contributed by atoms with Crippen molar-refractivity contribution < 1.29 is 4.79 Å². The maximum Gasteiger partial charge on any atom is 0.223 e. The first kappa shape index (κ1) is 14.2. The Balaban J connectivity index is 1.65. The van der Waals surface area contributed by atoms with Crippen LogP contribution in [-0.2, 0) is 11.2 Å². The van der Waals surface area contributed by atoms with E-state index in [4.69, 9.17) is 0 Å². The van der Waals surface area contributed by atoms with Gasteiger partial charge in [0, 0.05) is 24.0 Å². The van der Waals surface area contributed by atoms with Crippen LogP contribution in [0.3, 0.4) is 0 Å². The van der Waals surface area contributed by atoms with Gasteiger partial charge < -0.3 is 4.90 Å². The summed E-state index contributed by atoms with van der Waals surface area (Å²) < 4.78 is 0. The summed E-state index contributed by atoms with van der Waals surface area (Å²) in [4.78, 5) is 24.4. The fourth-order valence-electron chi connectivity index (χ4n) is 2.88. The van der Waals surface area contributed by atoms with Crippen molar-refractivity contribution in [2.24, 2.45) is 0 Å². The normalized spacial score (nSPS) is 18.1. The van der Waals surface area contributed by atoms with Crippen LogP contribution in [0.15, 0.2) is 29.9 Å². The van der Waals surface area contributed by atoms with Crippen LogP contribution in [0.1, 0.15) is 41.6 Å². The van der Waals surface area contributed by atoms with Gasteiger partial charge in [-0.3, -0.25) is 9.78 Å². The lowest BCUT2D eigenvalue weighted by Gasteiger charge is -2.24. The summed E-state index contributed by atoms with van der Waals surface area (Å²) in [5, 5.41) is 0. The van der Waals surface area contributed by atoms with Gasteiger partial charge in [0.1, 0.15) is 0 Å². The first-order valence-corrected chi connectivity index (χ1v) is 8.23. The number of hydrogen-bond acceptors (Lipinski definition) is 4. The number of rotatable bonds is 4. The second-order valence-corrected chi connectivity index (χ2v) is 6.30. The van der Waals surface area contributed by atoms with Gasteiger partial charge in [-0.15, -0.1) is 11.3 Å². The minimum absolute atomic E-state index is 0.154. The molecular formula is C16H19N3OS. The summed E-state index contributed by atoms with van der Waals surface area (Å²) in [7, 11) is 0. The fourth-order valence-corrected chi connectivity index (χ4v) is 3.66. The first-order valence-electron chi connectivity index (χ1n) is 7.35. The van der Waals surface area contributed by atoms with Crippen molar-refractivity contribution in [2.45, 2.75) is 38.6 Å². The van der Waals surface area contributed by atoms with Gasteiger partial charge in [0.25, 0.3) is 0 Å². The van der Waals surface area contributed by atoms with Gasteiger partial charge in [-0.05, 0) is 38.3 Å². The Morgan fingerprint density at radius 1 is 1.43 bits per heavy atom. The molecule has 0 radical (unpaired) electrons. The largest absolute Gasteiger partial charge is 0.334 e. The van der Waals surface area contributed by atoms with E-state index in [-0.39, 0.29) is 11.9 Å². The first-order chi connectivity index (χ1) is 10.3. The minimum Gasteiger partial charge on any atom is -0.334 e. The van der Waals surface area contributed by atoms with Gasteiger partial charge in [-0.1, -0.05) is 6.07 Å². The molecule has 0 spiro atoms. The molecule has 1 fully saturated rings. The van der Waals surface area contributed by atoms with Gasteiger partial charge >= 0.3 is 0 Å². The highest BCUT2D eigenvalue weighted by Gasteiger charge is 2.30. The second-order valence-electron chi connectivity index (χ2n) is 5.36. The molecule has 5 heteroatoms. The molecule has 0 aromatic carbocycles. The second kappa shape index (κ2) is 6.35. The Morgan fingerprint density at radius 2 is 2.33 bits per heavy atom. The zero-order valence-corrected chi connectivity index (χ0v) is 13.0. The number of aryl methyl sites for hydroxylation is 2. The average Bonchev–Trinajstić information content (AvgIpc) is 3.15. The lowest BCUT2D eigenvalue weighted by Crippen LogP contribution is -2.31. The summed E-state index contributed by atoms with van der Waals surface area (Å²) in [6.07, 6.45) is 5.24. The third-order valence-electron chi connectivity index (χ3n) is 4.01. The number of thiazole rings is 1. The van der Waals surface area contributed by atoms with E-state index in [1.54, 1.807) is 17.5 Å². The summed E-state index contributed by atoms with van der Waals surface area (Å²) in [5.74, 6) is 0.232. The molecule has 3 rings (SSSR count). The molecule has 21 heavy (non-hydrogen) atoms. The van der Waals surface area contributed by atoms with Crippen molar-refractivity contribution in [1.82, 2.24) is 14.9 Å². The maximum atomic E-state index is 12.5. The quantitative estimate of drug-likeness (QED) is 0.871. The molecule has 110 valence electrons. The molecule has 2 aromatic heterocycles. The van der Waals surface area contributed by atoms with Crippen LogP contribution in [0.4, 0.5) is 0 Å². The van der Waals surface area contributed by atoms with E-state index in [1.165, 1.54) is 4.88 Å². The van der Waals surface area contributed by atoms with Crippen LogP contribution in [0, 0.1) is 6.92 Å². The number of pyridine rings is 1. The summed E-state index contributed by atoms with van der Waals surface area (Å²) in [5.41, 5.74) is 3.91. The highest BCUT2D eigenvalue weighted by atomic mass is 32.1. The van der Waals surface area contributed by atoms with E-state index >= 15 is 0 Å². The Hall–Kier alpha value is -1.75. The topological polar surface area (TPSA) is 46.1 Å². The van der Waals surface area contributed by atoms with Gasteiger partial charge in [0.05, 0.1) is 22.9 Å². The standard InChI is InChI=1S/C16H19N3OS/c1-12-15(21-11-18-12)7-8-16(20)19-10-4-6-14(19)13-5-2-3-9-17-13/h2-3,5,9,11,14H,4,6-8,10H2,1H3/t14-/m0/s1. The van der Waals surface area contributed by atoms with Crippen molar-refractivity contribution in [3.8, 4) is 0 Å². The molecule has 2 aromatic rings. The van der Waals surface area contributed by atoms with Gasteiger partial charge in [-0.25, -0.2) is 4.98 Å². The molecular weight excluding hydrogens is 282 g/mol. The lowest BCUT2D eigenvalue weighted by molar-refractivity contribution is -0.132. The molecule has 0 unspecified atom stereocenters. The van der Waals surface area contributed by atoms with Crippen LogP contribution in [0.25, 0.3) is 0 Å². The Morgan fingerprint density at radius 3 is 3.05 bits per heavy atom. The number of likely N-dealkylation sites (tertiary alicyclic amines) is 1. The lowest BCUT2D eigenvalue weighted by atomic mass is 10.1. The molecule has 3 heterocycles. The van der Waals surface area contributed by atoms with Crippen molar-refractivity contribution in [1.29, 1.82) is 0 Å². The number of carbonyl (C=O) groups is 1. The maximum absolute atomic E-state index is 12.5. The molecule has 1 aliphatic rings. The zero-order chi connectivity index (χ0) is 14.7. The Labute approximate surface area is 128 Å². The van der Waals surface area contributed by atoms with E-state index in [1.807, 2.05) is 35.5 Å². The number of carbonyl (C=O) groups excluding carboxylic acids is 1. The van der Waals surface area contributed by atoms with E-state index < -0.39 is 0 Å². The molecule has 1 amide bonds. The van der Waals surface area contributed by atoms with Crippen molar-refractivity contribution in [3.63, 3.8) is 0 Å². The summed E-state index contributed by atoms with van der Waals surface area (Å²) >= 11 is 1.64. The van der Waals surface area contributed by atoms with Crippen LogP contribution in [-0.4, -0.2) is 27.3 Å². The third-order valence-corrected chi connectivity index (χ3v) is 5.01. The highest BCUT2D eigenvalue weighted by Crippen LogP contribution is 2.31. The van der Waals surface area contributed by atoms with E-state index in [9.17, 15) is 4.79 Å². The molecule has 1 saturated heterocycles. The van der Waals surface area contributed by atoms with Crippen LogP contribution in [0.2, 0.25) is 0 Å². The number of hydrogen-bond donors (Lipinski definition) is 0. The van der Waals surface area contributed by atoms with E-state index in [2.05, 4.69) is 9.97 Å². The van der Waals surface area contributed by atoms with E-state index in [0.29, 0.717) is 6.42 Å². The molecule has 1 atom stereocenters. The van der Waals surface area contributed by atoms with Crippen LogP contribution >= 0.6 is 11.3 Å². The number of aromatic nitrogens is 2. The van der Waals surface area contributed by atoms with E-state index in [0.717, 1.165) is 37.2 Å². The predicted octanol–water partition coefficient (Wildman–Crippen LogP) is 3.14. The predicted molar refractivity (Wildman–Crippen MR) is 83.1 cm³/mol. The minimum atomic E-state index is 0.154. The van der Waals surface area contributed by atoms with Crippen molar-refractivity contribution in [2.75, 3.05) is 6.54 Å². The van der Waals surface area contributed by atoms with Gasteiger partial charge in [-0.2, -0.15) is 0 Å². The molecule has 0 bridgehead atoms. The smallest absolute Gasteiger partial charge is 0.223 e. The van der Waals surface area contributed by atoms with Gasteiger partial charge in [0.2, 0.25) is 5.91 Å². The average molecular weight is 301 g/mol.